The molecule has 1 N–H and O–H groups in total. The molecule has 1 aromatic heterocycles. The van der Waals surface area contributed by atoms with Crippen LogP contribution in [0.15, 0.2) is 12.3 Å². The average Bonchev–Trinajstić information content (AvgIpc) is 2.38. The van der Waals surface area contributed by atoms with Crippen LogP contribution < -0.4 is 5.32 Å². The number of pyridine rings is 1. The van der Waals surface area contributed by atoms with E-state index in [0.717, 1.165) is 22.3 Å². The normalized spacial score (nSPS) is 17.8. The molecule has 0 spiro atoms. The van der Waals surface area contributed by atoms with E-state index >= 15 is 0 Å². The molecule has 0 saturated carbocycles. The molecule has 0 bridgehead atoms. The van der Waals surface area contributed by atoms with Crippen LogP contribution in [0.3, 0.4) is 0 Å². The van der Waals surface area contributed by atoms with Crippen molar-refractivity contribution in [2.75, 3.05) is 5.32 Å². The minimum Gasteiger partial charge on any atom is -0.324 e. The van der Waals surface area contributed by atoms with Crippen molar-refractivity contribution in [2.45, 2.75) is 24.6 Å². The molecule has 3 nitrogen and oxygen atoms in total. The molecule has 0 radical (unpaired) electrons. The number of hydrogen-bond acceptors (Lipinski definition) is 2. The Hall–Kier alpha value is -0.900. The van der Waals surface area contributed by atoms with Gasteiger partial charge in [-0.1, -0.05) is 15.9 Å². The minimum absolute atomic E-state index is 0.0201. The predicted octanol–water partition coefficient (Wildman–Crippen LogP) is 2.21. The van der Waals surface area contributed by atoms with Gasteiger partial charge in [0.15, 0.2) is 0 Å². The van der Waals surface area contributed by atoms with Gasteiger partial charge < -0.3 is 5.32 Å². The molecule has 0 aliphatic carbocycles. The van der Waals surface area contributed by atoms with E-state index in [9.17, 15) is 4.79 Å². The second-order valence-corrected chi connectivity index (χ2v) is 4.51. The fourth-order valence-electron chi connectivity index (χ4n) is 1.56. The third-order valence-corrected chi connectivity index (χ3v) is 3.15. The number of hydrogen-bond donors (Lipinski definition) is 1. The molecule has 1 amide bonds. The summed E-state index contributed by atoms with van der Waals surface area (Å²) in [4.78, 5) is 15.9. The minimum atomic E-state index is -0.500. The van der Waals surface area contributed by atoms with Gasteiger partial charge in [0.1, 0.15) is 0 Å². The molecule has 2 heterocycles. The zero-order valence-corrected chi connectivity index (χ0v) is 9.68. The van der Waals surface area contributed by atoms with Gasteiger partial charge in [0.05, 0.1) is 16.8 Å². The summed E-state index contributed by atoms with van der Waals surface area (Å²) in [6, 6.07) is 1.96. The van der Waals surface area contributed by atoms with E-state index in [1.54, 1.807) is 6.20 Å². The molecule has 4 heteroatoms. The molecule has 74 valence electrons. The third-order valence-electron chi connectivity index (χ3n) is 2.51. The molecule has 0 unspecified atom stereocenters. The number of carbonyl (C=O) groups excluding carboxylic acids is 1. The van der Waals surface area contributed by atoms with Crippen LogP contribution in [0, 0.1) is 0 Å². The highest BCUT2D eigenvalue weighted by atomic mass is 79.9. The number of alkyl halides is 1. The molecule has 1 aliphatic rings. The Labute approximate surface area is 91.0 Å². The molecule has 0 aromatic carbocycles. The Balaban J connectivity index is 2.54. The quantitative estimate of drug-likeness (QED) is 0.781. The van der Waals surface area contributed by atoms with E-state index in [1.807, 2.05) is 19.9 Å². The Kier molecular flexibility index (Phi) is 2.10. The van der Waals surface area contributed by atoms with Gasteiger partial charge in [-0.3, -0.25) is 9.78 Å². The van der Waals surface area contributed by atoms with E-state index in [4.69, 9.17) is 0 Å². The zero-order valence-electron chi connectivity index (χ0n) is 8.10. The van der Waals surface area contributed by atoms with Crippen LogP contribution in [0.25, 0.3) is 0 Å². The van der Waals surface area contributed by atoms with Crippen molar-refractivity contribution in [3.05, 3.63) is 23.5 Å². The summed E-state index contributed by atoms with van der Waals surface area (Å²) in [5.41, 5.74) is 2.26. The van der Waals surface area contributed by atoms with Crippen LogP contribution in [0.5, 0.6) is 0 Å². The number of fused-ring (bicyclic) bond motifs is 1. The molecule has 14 heavy (non-hydrogen) atoms. The summed E-state index contributed by atoms with van der Waals surface area (Å²) >= 11 is 3.36. The number of amides is 1. The summed E-state index contributed by atoms with van der Waals surface area (Å²) in [5, 5.41) is 3.59. The maximum atomic E-state index is 11.6. The topological polar surface area (TPSA) is 42.0 Å². The highest BCUT2D eigenvalue weighted by molar-refractivity contribution is 9.08. The number of halogens is 1. The van der Waals surface area contributed by atoms with Crippen LogP contribution in [-0.4, -0.2) is 10.9 Å². The number of anilines is 1. The first-order valence-corrected chi connectivity index (χ1v) is 5.54. The lowest BCUT2D eigenvalue weighted by molar-refractivity contribution is -0.119. The molecule has 1 aliphatic heterocycles. The lowest BCUT2D eigenvalue weighted by Gasteiger charge is -2.13. The van der Waals surface area contributed by atoms with Crippen molar-refractivity contribution in [2.24, 2.45) is 0 Å². The Morgan fingerprint density at radius 3 is 2.93 bits per heavy atom. The second kappa shape index (κ2) is 3.05. The zero-order chi connectivity index (χ0) is 10.3. The van der Waals surface area contributed by atoms with Gasteiger partial charge in [0.25, 0.3) is 0 Å². The largest absolute Gasteiger partial charge is 0.324 e. The van der Waals surface area contributed by atoms with Gasteiger partial charge in [-0.05, 0) is 25.5 Å². The van der Waals surface area contributed by atoms with Crippen molar-refractivity contribution in [3.8, 4) is 0 Å². The van der Waals surface area contributed by atoms with E-state index < -0.39 is 5.41 Å². The van der Waals surface area contributed by atoms with E-state index in [1.165, 1.54) is 0 Å². The summed E-state index contributed by atoms with van der Waals surface area (Å²) in [6.07, 6.45) is 1.80. The van der Waals surface area contributed by atoms with Crippen LogP contribution in [0.1, 0.15) is 25.1 Å². The Bertz CT molecular complexity index is 401. The van der Waals surface area contributed by atoms with Crippen molar-refractivity contribution >= 4 is 27.5 Å². The van der Waals surface area contributed by atoms with Crippen LogP contribution in [0.4, 0.5) is 5.69 Å². The fraction of sp³-hybridized carbons (Fsp3) is 0.400. The number of nitrogens with one attached hydrogen (secondary N) is 1. The van der Waals surface area contributed by atoms with Crippen LogP contribution in [0.2, 0.25) is 0 Å². The molecule has 0 atom stereocenters. The molecule has 2 rings (SSSR count). The van der Waals surface area contributed by atoms with Gasteiger partial charge in [-0.15, -0.1) is 0 Å². The molecular formula is C10H11BrN2O. The molecular weight excluding hydrogens is 244 g/mol. The number of carbonyl (C=O) groups is 1. The maximum absolute atomic E-state index is 11.6. The summed E-state index contributed by atoms with van der Waals surface area (Å²) < 4.78 is 0. The SMILES string of the molecule is CC1(C)C(=O)Nc2cc(CBr)cnc21. The highest BCUT2D eigenvalue weighted by Gasteiger charge is 2.39. The Morgan fingerprint density at radius 1 is 1.57 bits per heavy atom. The standard InChI is InChI=1S/C10H11BrN2O/c1-10(2)8-7(13-9(10)14)3-6(4-11)5-12-8/h3,5H,4H2,1-2H3,(H,13,14). The first-order chi connectivity index (χ1) is 6.55. The first-order valence-electron chi connectivity index (χ1n) is 4.42. The van der Waals surface area contributed by atoms with Crippen molar-refractivity contribution in [1.82, 2.24) is 4.98 Å². The van der Waals surface area contributed by atoms with Crippen LogP contribution in [-0.2, 0) is 15.5 Å². The van der Waals surface area contributed by atoms with Gasteiger partial charge in [-0.2, -0.15) is 0 Å². The van der Waals surface area contributed by atoms with Gasteiger partial charge in [0, 0.05) is 11.5 Å². The summed E-state index contributed by atoms with van der Waals surface area (Å²) in [7, 11) is 0. The third kappa shape index (κ3) is 1.25. The Morgan fingerprint density at radius 2 is 2.29 bits per heavy atom. The number of rotatable bonds is 1. The first kappa shape index (κ1) is 9.65. The predicted molar refractivity (Wildman–Crippen MR) is 58.5 cm³/mol. The lowest BCUT2D eigenvalue weighted by Crippen LogP contribution is -2.27. The summed E-state index contributed by atoms with van der Waals surface area (Å²) in [5.74, 6) is 0.0201. The molecule has 0 saturated heterocycles. The van der Waals surface area contributed by atoms with E-state index in [-0.39, 0.29) is 5.91 Å². The van der Waals surface area contributed by atoms with Gasteiger partial charge in [-0.25, -0.2) is 0 Å². The van der Waals surface area contributed by atoms with E-state index in [2.05, 4.69) is 26.2 Å². The molecule has 0 fully saturated rings. The second-order valence-electron chi connectivity index (χ2n) is 3.95. The summed E-state index contributed by atoms with van der Waals surface area (Å²) in [6.45, 7) is 3.77. The van der Waals surface area contributed by atoms with Gasteiger partial charge in [0.2, 0.25) is 5.91 Å². The highest BCUT2D eigenvalue weighted by Crippen LogP contribution is 2.35. The monoisotopic (exact) mass is 254 g/mol. The van der Waals surface area contributed by atoms with Crippen molar-refractivity contribution < 1.29 is 4.79 Å². The maximum Gasteiger partial charge on any atom is 0.236 e. The lowest BCUT2D eigenvalue weighted by atomic mass is 9.90. The van der Waals surface area contributed by atoms with E-state index in [0.29, 0.717) is 0 Å². The van der Waals surface area contributed by atoms with Gasteiger partial charge >= 0.3 is 0 Å². The molecule has 1 aromatic rings. The number of nitrogens with zero attached hydrogens (tertiary/aromatic N) is 1. The van der Waals surface area contributed by atoms with Crippen LogP contribution >= 0.6 is 15.9 Å². The average molecular weight is 255 g/mol. The van der Waals surface area contributed by atoms with Crippen molar-refractivity contribution in [1.29, 1.82) is 0 Å². The fourth-order valence-corrected chi connectivity index (χ4v) is 1.87. The smallest absolute Gasteiger partial charge is 0.236 e. The van der Waals surface area contributed by atoms with Crippen molar-refractivity contribution in [3.63, 3.8) is 0 Å². The number of aromatic nitrogens is 1.